The molecule has 1 saturated heterocycles. The Kier molecular flexibility index (Phi) is 5.59. The number of carbonyl (C=O) groups is 2. The Bertz CT molecular complexity index is 611. The van der Waals surface area contributed by atoms with Crippen LogP contribution in [-0.4, -0.2) is 30.9 Å². The fourth-order valence-corrected chi connectivity index (χ4v) is 3.18. The first kappa shape index (κ1) is 17.7. The Morgan fingerprint density at radius 1 is 1.39 bits per heavy atom. The molecule has 1 aromatic carbocycles. The van der Waals surface area contributed by atoms with Gasteiger partial charge in [-0.05, 0) is 43.1 Å². The van der Waals surface area contributed by atoms with Crippen molar-refractivity contribution >= 4 is 29.9 Å². The summed E-state index contributed by atoms with van der Waals surface area (Å²) in [5, 5.41) is 8.98. The van der Waals surface area contributed by atoms with Gasteiger partial charge >= 0.3 is 0 Å². The van der Waals surface area contributed by atoms with E-state index in [0.29, 0.717) is 17.2 Å². The molecular formula is C16H21ClFN3O2. The summed E-state index contributed by atoms with van der Waals surface area (Å²) in [6, 6.07) is 4.28. The number of carbonyl (C=O) groups excluding carboxylic acids is 2. The Morgan fingerprint density at radius 3 is 2.91 bits per heavy atom. The SMILES string of the molecule is CC1CNCCC1NC(=O)C1CC(=O)Nc2cc(F)ccc21.Cl. The predicted octanol–water partition coefficient (Wildman–Crippen LogP) is 1.79. The Labute approximate surface area is 140 Å². The van der Waals surface area contributed by atoms with E-state index in [1.165, 1.54) is 12.1 Å². The van der Waals surface area contributed by atoms with E-state index in [4.69, 9.17) is 0 Å². The van der Waals surface area contributed by atoms with Crippen molar-refractivity contribution in [2.45, 2.75) is 31.7 Å². The van der Waals surface area contributed by atoms with E-state index in [0.717, 1.165) is 19.5 Å². The van der Waals surface area contributed by atoms with Gasteiger partial charge in [-0.15, -0.1) is 12.4 Å². The smallest absolute Gasteiger partial charge is 0.228 e. The highest BCUT2D eigenvalue weighted by atomic mass is 35.5. The first-order chi connectivity index (χ1) is 10.5. The summed E-state index contributed by atoms with van der Waals surface area (Å²) in [6.45, 7) is 3.84. The predicted molar refractivity (Wildman–Crippen MR) is 88.2 cm³/mol. The van der Waals surface area contributed by atoms with Crippen LogP contribution in [-0.2, 0) is 9.59 Å². The van der Waals surface area contributed by atoms with Gasteiger partial charge in [-0.3, -0.25) is 9.59 Å². The molecule has 3 atom stereocenters. The fraction of sp³-hybridized carbons (Fsp3) is 0.500. The van der Waals surface area contributed by atoms with Crippen LogP contribution in [0.5, 0.6) is 0 Å². The molecule has 23 heavy (non-hydrogen) atoms. The van der Waals surface area contributed by atoms with Gasteiger partial charge in [0.2, 0.25) is 11.8 Å². The van der Waals surface area contributed by atoms with Gasteiger partial charge in [-0.1, -0.05) is 13.0 Å². The number of rotatable bonds is 2. The number of halogens is 2. The quantitative estimate of drug-likeness (QED) is 0.768. The van der Waals surface area contributed by atoms with Crippen molar-refractivity contribution in [3.63, 3.8) is 0 Å². The lowest BCUT2D eigenvalue weighted by Gasteiger charge is -2.32. The average molecular weight is 342 g/mol. The Hall–Kier alpha value is -1.66. The van der Waals surface area contributed by atoms with Gasteiger partial charge in [-0.25, -0.2) is 4.39 Å². The van der Waals surface area contributed by atoms with Crippen molar-refractivity contribution in [1.29, 1.82) is 0 Å². The molecule has 0 spiro atoms. The lowest BCUT2D eigenvalue weighted by Crippen LogP contribution is -2.50. The fourth-order valence-electron chi connectivity index (χ4n) is 3.18. The lowest BCUT2D eigenvalue weighted by molar-refractivity contribution is -0.127. The monoisotopic (exact) mass is 341 g/mol. The third-order valence-corrected chi connectivity index (χ3v) is 4.48. The summed E-state index contributed by atoms with van der Waals surface area (Å²) in [5.74, 6) is -1.03. The first-order valence-corrected chi connectivity index (χ1v) is 7.65. The summed E-state index contributed by atoms with van der Waals surface area (Å²) in [6.07, 6.45) is 0.978. The molecule has 2 heterocycles. The highest BCUT2D eigenvalue weighted by Crippen LogP contribution is 2.33. The molecule has 1 fully saturated rings. The zero-order valence-electron chi connectivity index (χ0n) is 12.9. The van der Waals surface area contributed by atoms with Gasteiger partial charge in [0.05, 0.1) is 5.92 Å². The first-order valence-electron chi connectivity index (χ1n) is 7.65. The molecule has 0 aromatic heterocycles. The molecule has 3 rings (SSSR count). The van der Waals surface area contributed by atoms with Crippen LogP contribution in [0.1, 0.15) is 31.2 Å². The topological polar surface area (TPSA) is 70.2 Å². The molecule has 2 aliphatic heterocycles. The average Bonchev–Trinajstić information content (AvgIpc) is 2.48. The minimum Gasteiger partial charge on any atom is -0.352 e. The van der Waals surface area contributed by atoms with Gasteiger partial charge in [0.25, 0.3) is 0 Å². The number of nitrogens with one attached hydrogen (secondary N) is 3. The van der Waals surface area contributed by atoms with Crippen molar-refractivity contribution in [2.24, 2.45) is 5.92 Å². The van der Waals surface area contributed by atoms with Crippen molar-refractivity contribution in [3.05, 3.63) is 29.6 Å². The zero-order valence-corrected chi connectivity index (χ0v) is 13.7. The molecule has 5 nitrogen and oxygen atoms in total. The molecule has 0 aliphatic carbocycles. The molecule has 3 unspecified atom stereocenters. The lowest BCUT2D eigenvalue weighted by atomic mass is 9.88. The van der Waals surface area contributed by atoms with Gasteiger partial charge in [0, 0.05) is 18.2 Å². The normalized spacial score (nSPS) is 26.5. The Balaban J connectivity index is 0.00000192. The van der Waals surface area contributed by atoms with Crippen LogP contribution >= 0.6 is 12.4 Å². The Morgan fingerprint density at radius 2 is 2.17 bits per heavy atom. The van der Waals surface area contributed by atoms with Crippen molar-refractivity contribution < 1.29 is 14.0 Å². The molecule has 2 amide bonds. The summed E-state index contributed by atoms with van der Waals surface area (Å²) in [5.41, 5.74) is 1.08. The summed E-state index contributed by atoms with van der Waals surface area (Å²) < 4.78 is 13.3. The van der Waals surface area contributed by atoms with E-state index < -0.39 is 11.7 Å². The van der Waals surface area contributed by atoms with Crippen LogP contribution in [0.15, 0.2) is 18.2 Å². The third-order valence-electron chi connectivity index (χ3n) is 4.48. The molecule has 126 valence electrons. The largest absolute Gasteiger partial charge is 0.352 e. The van der Waals surface area contributed by atoms with Gasteiger partial charge < -0.3 is 16.0 Å². The highest BCUT2D eigenvalue weighted by Gasteiger charge is 2.33. The number of hydrogen-bond acceptors (Lipinski definition) is 3. The highest BCUT2D eigenvalue weighted by molar-refractivity contribution is 6.01. The standard InChI is InChI=1S/C16H20FN3O2.ClH/c1-9-8-18-5-4-13(9)20-16(22)12-7-15(21)19-14-6-10(17)2-3-11(12)14;/h2-3,6,9,12-13,18H,4-5,7-8H2,1H3,(H,19,21)(H,20,22);1H. The molecular weight excluding hydrogens is 321 g/mol. The molecule has 2 aliphatic rings. The molecule has 0 bridgehead atoms. The van der Waals surface area contributed by atoms with E-state index in [1.54, 1.807) is 6.07 Å². The number of benzene rings is 1. The number of piperidine rings is 1. The zero-order chi connectivity index (χ0) is 15.7. The number of hydrogen-bond donors (Lipinski definition) is 3. The van der Waals surface area contributed by atoms with Crippen molar-refractivity contribution in [1.82, 2.24) is 10.6 Å². The van der Waals surface area contributed by atoms with E-state index in [9.17, 15) is 14.0 Å². The van der Waals surface area contributed by atoms with E-state index in [2.05, 4.69) is 22.9 Å². The van der Waals surface area contributed by atoms with E-state index >= 15 is 0 Å². The molecule has 0 radical (unpaired) electrons. The van der Waals surface area contributed by atoms with Crippen LogP contribution in [0.3, 0.4) is 0 Å². The minimum absolute atomic E-state index is 0. The van der Waals surface area contributed by atoms with E-state index in [-0.39, 0.29) is 36.7 Å². The third kappa shape index (κ3) is 3.82. The van der Waals surface area contributed by atoms with Crippen LogP contribution in [0, 0.1) is 11.7 Å². The van der Waals surface area contributed by atoms with Crippen LogP contribution in [0.25, 0.3) is 0 Å². The summed E-state index contributed by atoms with van der Waals surface area (Å²) >= 11 is 0. The molecule has 0 saturated carbocycles. The van der Waals surface area contributed by atoms with Crippen molar-refractivity contribution in [3.8, 4) is 0 Å². The van der Waals surface area contributed by atoms with Gasteiger partial charge in [0.1, 0.15) is 5.82 Å². The van der Waals surface area contributed by atoms with Gasteiger partial charge in [0.15, 0.2) is 0 Å². The second kappa shape index (κ2) is 7.27. The summed E-state index contributed by atoms with van der Waals surface area (Å²) in [7, 11) is 0. The van der Waals surface area contributed by atoms with Crippen LogP contribution in [0.4, 0.5) is 10.1 Å². The maximum Gasteiger partial charge on any atom is 0.228 e. The van der Waals surface area contributed by atoms with Crippen LogP contribution < -0.4 is 16.0 Å². The minimum atomic E-state index is -0.550. The second-order valence-electron chi connectivity index (χ2n) is 6.12. The molecule has 1 aromatic rings. The summed E-state index contributed by atoms with van der Waals surface area (Å²) in [4.78, 5) is 24.4. The van der Waals surface area contributed by atoms with E-state index in [1.807, 2.05) is 0 Å². The maximum absolute atomic E-state index is 13.3. The number of fused-ring (bicyclic) bond motifs is 1. The molecule has 3 N–H and O–H groups in total. The van der Waals surface area contributed by atoms with Gasteiger partial charge in [-0.2, -0.15) is 0 Å². The van der Waals surface area contributed by atoms with Crippen LogP contribution in [0.2, 0.25) is 0 Å². The maximum atomic E-state index is 13.3. The molecule has 7 heteroatoms. The van der Waals surface area contributed by atoms with Crippen molar-refractivity contribution in [2.75, 3.05) is 18.4 Å². The second-order valence-corrected chi connectivity index (χ2v) is 6.12. The number of amides is 2. The number of anilines is 1.